The first-order valence-electron chi connectivity index (χ1n) is 31.5. The highest BCUT2D eigenvalue weighted by atomic mass is 27.2. The minimum atomic E-state index is -4.77. The van der Waals surface area contributed by atoms with Crippen LogP contribution in [0.25, 0.3) is 0 Å². The van der Waals surface area contributed by atoms with E-state index in [1.165, 1.54) is 232 Å². The van der Waals surface area contributed by atoms with Crippen molar-refractivity contribution >= 4 is 32.1 Å². The number of nitrogens with zero attached hydrogens (tertiary/aromatic N) is 1. The molecule has 0 spiro atoms. The number of allylic oxidation sites excluding steroid dienone is 2. The van der Waals surface area contributed by atoms with E-state index >= 15 is 39.5 Å². The molecule has 0 radical (unpaired) electrons. The summed E-state index contributed by atoms with van der Waals surface area (Å²) in [5.74, 6) is -47.4. The number of hydrogen-bond donors (Lipinski definition) is 0. The van der Waals surface area contributed by atoms with E-state index in [1.54, 1.807) is 0 Å². The first kappa shape index (κ1) is 74.9. The molecular weight excluding hydrogens is 1130 g/mol. The third-order valence-electron chi connectivity index (χ3n) is 16.4. The lowest BCUT2D eigenvalue weighted by atomic mass is 9.24. The second-order valence-electron chi connectivity index (χ2n) is 22.9. The Morgan fingerprint density at radius 3 is 0.869 bits per heavy atom. The van der Waals surface area contributed by atoms with E-state index in [-0.39, 0.29) is 10.6 Å². The van der Waals surface area contributed by atoms with Crippen LogP contribution in [0.2, 0.25) is 10.6 Å². The predicted octanol–water partition coefficient (Wildman–Crippen LogP) is 21.6. The molecule has 1 aliphatic carbocycles. The quantitative estimate of drug-likeness (QED) is 0.0184. The van der Waals surface area contributed by atoms with Gasteiger partial charge in [-0.15, -0.1) is 0 Å². The van der Waals surface area contributed by atoms with Gasteiger partial charge in [-0.2, -0.15) is 4.39 Å². The first-order valence-corrected chi connectivity index (χ1v) is 33.6. The molecule has 0 fully saturated rings. The Hall–Kier alpha value is -3.39. The summed E-state index contributed by atoms with van der Waals surface area (Å²) in [5, 5.41) is -4.79. The number of unbranched alkanes of at least 4 members (excludes halogenated alkanes) is 30. The van der Waals surface area contributed by atoms with Gasteiger partial charge in [0.05, 0.1) is 5.31 Å². The monoisotopic (exact) mass is 1230 g/mol. The third kappa shape index (κ3) is 21.2. The van der Waals surface area contributed by atoms with Crippen molar-refractivity contribution in [2.24, 2.45) is 0 Å². The summed E-state index contributed by atoms with van der Waals surface area (Å²) in [6.45, 7) is 5.84. The summed E-state index contributed by atoms with van der Waals surface area (Å²) in [5.41, 5.74) is -6.76. The highest BCUT2D eigenvalue weighted by molar-refractivity contribution is 6.89. The molecule has 0 N–H and O–H groups in total. The predicted molar refractivity (Wildman–Crippen MR) is 312 cm³/mol. The second-order valence-corrected chi connectivity index (χ2v) is 26.0. The minimum Gasteiger partial charge on any atom is -0.461 e. The molecule has 3 aromatic carbocycles. The van der Waals surface area contributed by atoms with Crippen molar-refractivity contribution in [1.82, 2.24) is 4.90 Å². The van der Waals surface area contributed by atoms with Crippen LogP contribution in [0.3, 0.4) is 0 Å². The molecule has 474 valence electrons. The lowest BCUT2D eigenvalue weighted by molar-refractivity contribution is -0.0441. The number of hydrogen-bond acceptors (Lipinski definition) is 2. The van der Waals surface area contributed by atoms with E-state index < -0.39 is 130 Å². The Morgan fingerprint density at radius 1 is 0.357 bits per heavy atom. The lowest BCUT2D eigenvalue weighted by Gasteiger charge is -2.43. The van der Waals surface area contributed by atoms with E-state index in [2.05, 4.69) is 25.8 Å². The maximum Gasteiger partial charge on any atom is 0.463 e. The Labute approximate surface area is 497 Å². The van der Waals surface area contributed by atoms with Crippen LogP contribution in [0.1, 0.15) is 239 Å². The van der Waals surface area contributed by atoms with Crippen LogP contribution >= 0.6 is 0 Å². The highest BCUT2D eigenvalue weighted by Gasteiger charge is 2.66. The number of benzene rings is 3. The number of halogens is 15. The second kappa shape index (κ2) is 40.2. The van der Waals surface area contributed by atoms with E-state index in [9.17, 15) is 26.3 Å². The maximum atomic E-state index is 16.6. The fourth-order valence-electron chi connectivity index (χ4n) is 11.3. The van der Waals surface area contributed by atoms with Crippen LogP contribution in [0.4, 0.5) is 65.9 Å². The fraction of sp³-hybridized carbons (Fsp3) is 0.662. The molecule has 0 atom stereocenters. The fourth-order valence-corrected chi connectivity index (χ4v) is 12.9. The molecule has 0 saturated carbocycles. The van der Waals surface area contributed by atoms with Crippen molar-refractivity contribution in [3.05, 3.63) is 117 Å². The summed E-state index contributed by atoms with van der Waals surface area (Å²) >= 11 is -3.07. The van der Waals surface area contributed by atoms with Crippen molar-refractivity contribution < 1.29 is 69.6 Å². The molecule has 0 aromatic heterocycles. The largest absolute Gasteiger partial charge is 0.463 e. The molecule has 4 rings (SSSR count). The summed E-state index contributed by atoms with van der Waals surface area (Å²) in [4.78, 5) is 2.59. The molecule has 0 saturated heterocycles. The summed E-state index contributed by atoms with van der Waals surface area (Å²) in [6.07, 6.45) is 46.8. The average Bonchev–Trinajstić information content (AvgIpc) is 0.745. The van der Waals surface area contributed by atoms with E-state index in [4.69, 9.17) is 3.79 Å². The van der Waals surface area contributed by atoms with Crippen molar-refractivity contribution in [1.29, 1.82) is 0 Å². The minimum absolute atomic E-state index is 0.104. The normalized spacial score (nSPS) is 16.3. The number of alkyl halides is 1. The molecule has 19 heteroatoms. The lowest BCUT2D eigenvalue weighted by Crippen LogP contribution is -2.65. The molecule has 0 bridgehead atoms. The Morgan fingerprint density at radius 2 is 0.607 bits per heavy atom. The molecule has 0 unspecified atom stereocenters. The Kier molecular flexibility index (Phi) is 35.8. The van der Waals surface area contributed by atoms with Gasteiger partial charge in [0.2, 0.25) is 11.7 Å². The maximum absolute atomic E-state index is 16.6. The summed E-state index contributed by atoms with van der Waals surface area (Å²) < 4.78 is 233. The molecule has 84 heavy (non-hydrogen) atoms. The average molecular weight is 1230 g/mol. The standard InChI is InChI=1S/C37H77N.C24H5BF15O.2C2H5.Al/c1-4-6-8-10-12-14-16-18-20-22-24-26-28-30-32-34-36-38(3)37-35-33-31-29-27-25-23-21-19-17-15-13-11-9-7-5-2;26-9-7(10(27)14(31)17(34)13(9)30)25(8-11(28)15(32)18(35)16(33)12(8)29)23(6-4-2-1-3-5-6)19(36)21(38)24(40,41)22(39)20(23)37;2*1-2;/h4-37H2,1-3H3;1-5H;2*1H2,2H3;/q;-1;;;+1. The zero-order valence-electron chi connectivity index (χ0n) is 50.5. The smallest absolute Gasteiger partial charge is 0.461 e. The highest BCUT2D eigenvalue weighted by Crippen LogP contribution is 2.56. The van der Waals surface area contributed by atoms with Gasteiger partial charge in [-0.25, -0.2) is 61.5 Å². The van der Waals surface area contributed by atoms with Crippen molar-refractivity contribution in [3.8, 4) is 0 Å². The van der Waals surface area contributed by atoms with E-state index in [0.717, 1.165) is 18.2 Å². The van der Waals surface area contributed by atoms with Gasteiger partial charge in [0.15, 0.2) is 58.2 Å². The van der Waals surface area contributed by atoms with Crippen molar-refractivity contribution in [2.75, 3.05) is 20.1 Å². The van der Waals surface area contributed by atoms with Crippen LogP contribution in [-0.2, 0) is 9.10 Å². The van der Waals surface area contributed by atoms with Crippen LogP contribution in [0.5, 0.6) is 0 Å². The summed E-state index contributed by atoms with van der Waals surface area (Å²) in [7, 11) is 2.34. The van der Waals surface area contributed by atoms with Gasteiger partial charge in [0, 0.05) is 10.9 Å². The van der Waals surface area contributed by atoms with Crippen molar-refractivity contribution in [2.45, 2.75) is 255 Å². The number of rotatable bonds is 42. The first-order chi connectivity index (χ1) is 40.3. The van der Waals surface area contributed by atoms with Gasteiger partial charge in [-0.05, 0) is 38.5 Å². The summed E-state index contributed by atoms with van der Waals surface area (Å²) in [6, 6.07) is 3.50. The zero-order valence-corrected chi connectivity index (χ0v) is 51.7. The van der Waals surface area contributed by atoms with Gasteiger partial charge in [-0.3, -0.25) is 0 Å². The molecular formula is C65H92AlBF15NO. The molecule has 1 aliphatic rings. The van der Waals surface area contributed by atoms with Gasteiger partial charge in [0.25, 0.3) is 12.6 Å². The van der Waals surface area contributed by atoms with Crippen LogP contribution in [-0.4, -0.2) is 52.1 Å². The van der Waals surface area contributed by atoms with Gasteiger partial charge in [0.1, 0.15) is 11.7 Å². The SMILES string of the molecule is CCCCCCCCCCCCCCCCCCN(C)CCCCCCCCCCCCCCCCCC.C[CH2][Al]([CH2]C)[O]C1(F)C(F)=C(F)C(B(c2c(F)c(F)c(F)c(F)c2F)c2c(F)c(F)c(F)c(F)c2F)(c2ccccc2)C(F)=C1F. The zero-order chi connectivity index (χ0) is 62.2. The molecule has 3 aromatic rings. The van der Waals surface area contributed by atoms with Gasteiger partial charge < -0.3 is 8.69 Å². The third-order valence-corrected chi connectivity index (χ3v) is 18.9. The van der Waals surface area contributed by atoms with Crippen molar-refractivity contribution in [3.63, 3.8) is 0 Å². The van der Waals surface area contributed by atoms with Crippen LogP contribution in [0, 0.1) is 58.2 Å². The molecule has 0 aliphatic heterocycles. The van der Waals surface area contributed by atoms with E-state index in [0.29, 0.717) is 12.1 Å². The van der Waals surface area contributed by atoms with Gasteiger partial charge in [-0.1, -0.05) is 261 Å². The topological polar surface area (TPSA) is 12.5 Å². The van der Waals surface area contributed by atoms with Crippen LogP contribution < -0.4 is 10.9 Å². The Bertz CT molecular complexity index is 2250. The molecule has 0 amide bonds. The van der Waals surface area contributed by atoms with Gasteiger partial charge >= 0.3 is 14.5 Å². The Balaban J connectivity index is 0.000000450. The molecule has 2 nitrogen and oxygen atoms in total. The van der Waals surface area contributed by atoms with Crippen LogP contribution in [0.15, 0.2) is 53.6 Å². The van der Waals surface area contributed by atoms with E-state index in [1.807, 2.05) is 0 Å². The molecule has 0 heterocycles.